The summed E-state index contributed by atoms with van der Waals surface area (Å²) in [4.78, 5) is 12.1. The fraction of sp³-hybridized carbons (Fsp3) is 0.500. The number of rotatable bonds is 7. The van der Waals surface area contributed by atoms with E-state index >= 15 is 0 Å². The van der Waals surface area contributed by atoms with E-state index in [0.29, 0.717) is 18.5 Å². The summed E-state index contributed by atoms with van der Waals surface area (Å²) >= 11 is 0. The summed E-state index contributed by atoms with van der Waals surface area (Å²) in [6.07, 6.45) is -2.77. The maximum absolute atomic E-state index is 12.5. The molecule has 1 rings (SSSR count). The van der Waals surface area contributed by atoms with Crippen LogP contribution >= 0.6 is 0 Å². The molecule has 0 fully saturated rings. The zero-order valence-electron chi connectivity index (χ0n) is 11.3. The zero-order chi connectivity index (χ0) is 15.2. The van der Waals surface area contributed by atoms with Gasteiger partial charge in [-0.15, -0.1) is 0 Å². The number of carbonyl (C=O) groups is 1. The highest BCUT2D eigenvalue weighted by Gasteiger charge is 2.30. The van der Waals surface area contributed by atoms with E-state index in [1.54, 1.807) is 12.1 Å². The maximum Gasteiger partial charge on any atom is 0.401 e. The van der Waals surface area contributed by atoms with Gasteiger partial charge in [0.2, 0.25) is 0 Å². The van der Waals surface area contributed by atoms with Crippen LogP contribution in [-0.2, 0) is 6.54 Å². The van der Waals surface area contributed by atoms with Gasteiger partial charge < -0.3 is 5.11 Å². The van der Waals surface area contributed by atoms with Crippen LogP contribution in [0, 0.1) is 0 Å². The molecule has 112 valence electrons. The Labute approximate surface area is 116 Å². The molecule has 0 unspecified atom stereocenters. The Bertz CT molecular complexity index is 446. The van der Waals surface area contributed by atoms with Crippen LogP contribution in [0.15, 0.2) is 24.3 Å². The molecule has 0 amide bonds. The van der Waals surface area contributed by atoms with Gasteiger partial charge in [-0.1, -0.05) is 25.5 Å². The van der Waals surface area contributed by atoms with Crippen LogP contribution in [0.5, 0.6) is 0 Å². The van der Waals surface area contributed by atoms with E-state index in [0.717, 1.165) is 6.42 Å². The average Bonchev–Trinajstić information content (AvgIpc) is 2.34. The van der Waals surface area contributed by atoms with Gasteiger partial charge in [-0.2, -0.15) is 13.2 Å². The number of hydrogen-bond acceptors (Lipinski definition) is 2. The molecule has 0 aliphatic heterocycles. The summed E-state index contributed by atoms with van der Waals surface area (Å²) in [5.41, 5.74) is 0.662. The molecule has 0 bridgehead atoms. The molecule has 20 heavy (non-hydrogen) atoms. The molecule has 1 aromatic carbocycles. The molecule has 0 saturated heterocycles. The first-order chi connectivity index (χ1) is 9.31. The number of benzene rings is 1. The maximum atomic E-state index is 12.5. The standard InChI is InChI=1S/C14H18F3NO2/c1-2-3-7-18(10-14(15,16)17)9-11-5-4-6-12(8-11)13(19)20/h4-6,8H,2-3,7,9-10H2,1H3,(H,19,20). The Hall–Kier alpha value is -1.56. The molecule has 0 radical (unpaired) electrons. The van der Waals surface area contributed by atoms with Crippen LogP contribution in [0.3, 0.4) is 0 Å². The third-order valence-electron chi connectivity index (χ3n) is 2.81. The van der Waals surface area contributed by atoms with Crippen molar-refractivity contribution in [2.24, 2.45) is 0 Å². The van der Waals surface area contributed by atoms with Crippen molar-refractivity contribution in [1.29, 1.82) is 0 Å². The van der Waals surface area contributed by atoms with Crippen LogP contribution in [0.1, 0.15) is 35.7 Å². The van der Waals surface area contributed by atoms with Crippen molar-refractivity contribution in [1.82, 2.24) is 4.90 Å². The first-order valence-corrected chi connectivity index (χ1v) is 6.43. The van der Waals surface area contributed by atoms with Crippen molar-refractivity contribution < 1.29 is 23.1 Å². The van der Waals surface area contributed by atoms with E-state index in [2.05, 4.69) is 0 Å². The van der Waals surface area contributed by atoms with Crippen LogP contribution in [0.25, 0.3) is 0 Å². The Balaban J connectivity index is 2.77. The monoisotopic (exact) mass is 289 g/mol. The zero-order valence-corrected chi connectivity index (χ0v) is 11.3. The largest absolute Gasteiger partial charge is 0.478 e. The topological polar surface area (TPSA) is 40.5 Å². The minimum atomic E-state index is -4.25. The van der Waals surface area contributed by atoms with Gasteiger partial charge in [0.05, 0.1) is 12.1 Å². The van der Waals surface area contributed by atoms with Gasteiger partial charge in [-0.3, -0.25) is 4.90 Å². The lowest BCUT2D eigenvalue weighted by Crippen LogP contribution is -2.34. The summed E-state index contributed by atoms with van der Waals surface area (Å²) in [7, 11) is 0. The van der Waals surface area contributed by atoms with Crippen LogP contribution in [0.2, 0.25) is 0 Å². The molecule has 6 heteroatoms. The van der Waals surface area contributed by atoms with Crippen LogP contribution < -0.4 is 0 Å². The number of unbranched alkanes of at least 4 members (excludes halogenated alkanes) is 1. The fourth-order valence-electron chi connectivity index (χ4n) is 1.91. The van der Waals surface area contributed by atoms with Crippen molar-refractivity contribution in [2.45, 2.75) is 32.5 Å². The third-order valence-corrected chi connectivity index (χ3v) is 2.81. The number of aromatic carboxylic acids is 1. The quantitative estimate of drug-likeness (QED) is 0.834. The first-order valence-electron chi connectivity index (χ1n) is 6.43. The highest BCUT2D eigenvalue weighted by Crippen LogP contribution is 2.19. The molecule has 1 aromatic rings. The van der Waals surface area contributed by atoms with Gasteiger partial charge in [-0.05, 0) is 30.7 Å². The number of nitrogens with zero attached hydrogens (tertiary/aromatic N) is 1. The molecule has 0 aliphatic rings. The molecule has 0 aliphatic carbocycles. The molecule has 0 aromatic heterocycles. The second kappa shape index (κ2) is 7.28. The lowest BCUT2D eigenvalue weighted by Gasteiger charge is -2.23. The van der Waals surface area contributed by atoms with E-state index < -0.39 is 18.7 Å². The summed E-state index contributed by atoms with van der Waals surface area (Å²) in [5, 5.41) is 8.88. The Morgan fingerprint density at radius 1 is 1.35 bits per heavy atom. The van der Waals surface area contributed by atoms with Crippen LogP contribution in [0.4, 0.5) is 13.2 Å². The predicted molar refractivity (Wildman–Crippen MR) is 69.6 cm³/mol. The lowest BCUT2D eigenvalue weighted by atomic mass is 10.1. The third kappa shape index (κ3) is 6.06. The van der Waals surface area contributed by atoms with E-state index in [1.165, 1.54) is 17.0 Å². The minimum Gasteiger partial charge on any atom is -0.478 e. The van der Waals surface area contributed by atoms with Gasteiger partial charge in [-0.25, -0.2) is 4.79 Å². The molecule has 0 spiro atoms. The Morgan fingerprint density at radius 3 is 2.60 bits per heavy atom. The number of hydrogen-bond donors (Lipinski definition) is 1. The molecule has 0 heterocycles. The molecule has 0 atom stereocenters. The molecular formula is C14H18F3NO2. The highest BCUT2D eigenvalue weighted by atomic mass is 19.4. The Kier molecular flexibility index (Phi) is 6.01. The first kappa shape index (κ1) is 16.5. The SMILES string of the molecule is CCCCN(Cc1cccc(C(=O)O)c1)CC(F)(F)F. The second-order valence-corrected chi connectivity index (χ2v) is 4.68. The van der Waals surface area contributed by atoms with E-state index in [4.69, 9.17) is 5.11 Å². The summed E-state index contributed by atoms with van der Waals surface area (Å²) in [6.45, 7) is 1.37. The number of halogens is 3. The summed E-state index contributed by atoms with van der Waals surface area (Å²) in [6, 6.07) is 6.02. The summed E-state index contributed by atoms with van der Waals surface area (Å²) in [5.74, 6) is -1.08. The minimum absolute atomic E-state index is 0.0879. The normalized spacial score (nSPS) is 11.8. The van der Waals surface area contributed by atoms with E-state index in [9.17, 15) is 18.0 Å². The van der Waals surface area contributed by atoms with Crippen molar-refractivity contribution in [3.63, 3.8) is 0 Å². The van der Waals surface area contributed by atoms with Gasteiger partial charge >= 0.3 is 12.1 Å². The van der Waals surface area contributed by atoms with Crippen molar-refractivity contribution >= 4 is 5.97 Å². The van der Waals surface area contributed by atoms with Gasteiger partial charge in [0.15, 0.2) is 0 Å². The number of alkyl halides is 3. The summed E-state index contributed by atoms with van der Waals surface area (Å²) < 4.78 is 37.5. The van der Waals surface area contributed by atoms with E-state index in [-0.39, 0.29) is 12.1 Å². The van der Waals surface area contributed by atoms with E-state index in [1.807, 2.05) is 6.92 Å². The van der Waals surface area contributed by atoms with Crippen molar-refractivity contribution in [3.8, 4) is 0 Å². The molecule has 3 nitrogen and oxygen atoms in total. The van der Waals surface area contributed by atoms with Crippen molar-refractivity contribution in [3.05, 3.63) is 35.4 Å². The smallest absolute Gasteiger partial charge is 0.401 e. The number of carboxylic acids is 1. The Morgan fingerprint density at radius 2 is 2.05 bits per heavy atom. The highest BCUT2D eigenvalue weighted by molar-refractivity contribution is 5.87. The second-order valence-electron chi connectivity index (χ2n) is 4.68. The fourth-order valence-corrected chi connectivity index (χ4v) is 1.91. The van der Waals surface area contributed by atoms with Gasteiger partial charge in [0.1, 0.15) is 0 Å². The molecular weight excluding hydrogens is 271 g/mol. The predicted octanol–water partition coefficient (Wildman–Crippen LogP) is 3.55. The van der Waals surface area contributed by atoms with Gasteiger partial charge in [0.25, 0.3) is 0 Å². The molecule has 1 N–H and O–H groups in total. The van der Waals surface area contributed by atoms with Crippen LogP contribution in [-0.4, -0.2) is 35.2 Å². The lowest BCUT2D eigenvalue weighted by molar-refractivity contribution is -0.147. The number of carboxylic acid groups (broad SMARTS) is 1. The van der Waals surface area contributed by atoms with Gasteiger partial charge in [0, 0.05) is 6.54 Å². The molecule has 0 saturated carbocycles. The van der Waals surface area contributed by atoms with Crippen molar-refractivity contribution in [2.75, 3.05) is 13.1 Å². The average molecular weight is 289 g/mol.